The van der Waals surface area contributed by atoms with E-state index in [1.165, 1.54) is 5.56 Å². The normalized spacial score (nSPS) is 10.3. The van der Waals surface area contributed by atoms with Crippen molar-refractivity contribution in [3.63, 3.8) is 0 Å². The third-order valence-corrected chi connectivity index (χ3v) is 1.22. The van der Waals surface area contributed by atoms with Crippen LogP contribution in [0.1, 0.15) is 5.56 Å². The predicted octanol–water partition coefficient (Wildman–Crippen LogP) is 1.14. The Labute approximate surface area is 61.5 Å². The quantitative estimate of drug-likeness (QED) is 0.606. The maximum atomic E-state index is 4.01. The van der Waals surface area contributed by atoms with Crippen LogP contribution in [0, 0.1) is 0 Å². The summed E-state index contributed by atoms with van der Waals surface area (Å²) in [6.45, 7) is 0.966. The summed E-state index contributed by atoms with van der Waals surface area (Å²) in [7, 11) is 4.10. The van der Waals surface area contributed by atoms with Crippen molar-refractivity contribution in [3.8, 4) is 0 Å². The standard InChI is InChI=1S/C8H12N2/c1-10(2)7-8-4-3-5-9-6-8/h3-6H,7H2,1-2H3. The molecule has 0 saturated heterocycles. The molecule has 0 aliphatic carbocycles. The molecule has 1 heterocycles. The van der Waals surface area contributed by atoms with Crippen molar-refractivity contribution in [3.05, 3.63) is 30.1 Å². The molecular formula is C8H12N2. The molecular weight excluding hydrogens is 124 g/mol. The van der Waals surface area contributed by atoms with Crippen molar-refractivity contribution >= 4 is 0 Å². The Bertz CT molecular complexity index is 182. The van der Waals surface area contributed by atoms with Crippen LogP contribution < -0.4 is 0 Å². The molecule has 54 valence electrons. The minimum Gasteiger partial charge on any atom is -0.305 e. The van der Waals surface area contributed by atoms with Gasteiger partial charge in [0.05, 0.1) is 0 Å². The average molecular weight is 136 g/mol. The Morgan fingerprint density at radius 3 is 2.80 bits per heavy atom. The van der Waals surface area contributed by atoms with Crippen molar-refractivity contribution < 1.29 is 0 Å². The first-order valence-corrected chi connectivity index (χ1v) is 3.32. The van der Waals surface area contributed by atoms with Crippen LogP contribution in [0.15, 0.2) is 24.5 Å². The Morgan fingerprint density at radius 2 is 2.30 bits per heavy atom. The molecule has 0 aliphatic heterocycles. The van der Waals surface area contributed by atoms with E-state index in [0.29, 0.717) is 0 Å². The van der Waals surface area contributed by atoms with E-state index >= 15 is 0 Å². The van der Waals surface area contributed by atoms with Gasteiger partial charge in [0, 0.05) is 18.9 Å². The number of hydrogen-bond donors (Lipinski definition) is 0. The van der Waals surface area contributed by atoms with E-state index in [0.717, 1.165) is 6.54 Å². The summed E-state index contributed by atoms with van der Waals surface area (Å²) >= 11 is 0. The van der Waals surface area contributed by atoms with Gasteiger partial charge in [-0.2, -0.15) is 0 Å². The van der Waals surface area contributed by atoms with E-state index in [1.807, 2.05) is 26.4 Å². The summed E-state index contributed by atoms with van der Waals surface area (Å²) in [6, 6.07) is 4.03. The van der Waals surface area contributed by atoms with Gasteiger partial charge < -0.3 is 4.90 Å². The van der Waals surface area contributed by atoms with Crippen molar-refractivity contribution in [1.29, 1.82) is 0 Å². The minimum atomic E-state index is 0.966. The van der Waals surface area contributed by atoms with Gasteiger partial charge in [0.1, 0.15) is 0 Å². The highest BCUT2D eigenvalue weighted by atomic mass is 15.0. The van der Waals surface area contributed by atoms with E-state index in [1.54, 1.807) is 6.20 Å². The van der Waals surface area contributed by atoms with Gasteiger partial charge in [-0.25, -0.2) is 0 Å². The predicted molar refractivity (Wildman–Crippen MR) is 41.6 cm³/mol. The molecule has 2 nitrogen and oxygen atoms in total. The molecule has 1 aromatic rings. The fourth-order valence-electron chi connectivity index (χ4n) is 0.857. The molecule has 1 aromatic heterocycles. The lowest BCUT2D eigenvalue weighted by Gasteiger charge is -2.07. The highest BCUT2D eigenvalue weighted by Gasteiger charge is 1.91. The van der Waals surface area contributed by atoms with E-state index in [9.17, 15) is 0 Å². The molecule has 0 amide bonds. The van der Waals surface area contributed by atoms with Gasteiger partial charge in [0.25, 0.3) is 0 Å². The summed E-state index contributed by atoms with van der Waals surface area (Å²) < 4.78 is 0. The zero-order chi connectivity index (χ0) is 7.40. The van der Waals surface area contributed by atoms with E-state index in [4.69, 9.17) is 0 Å². The molecule has 0 atom stereocenters. The number of aromatic nitrogens is 1. The maximum Gasteiger partial charge on any atom is 0.0312 e. The summed E-state index contributed by atoms with van der Waals surface area (Å²) in [6.07, 6.45) is 3.68. The summed E-state index contributed by atoms with van der Waals surface area (Å²) in [5.74, 6) is 0. The summed E-state index contributed by atoms with van der Waals surface area (Å²) in [4.78, 5) is 6.13. The Hall–Kier alpha value is -0.890. The lowest BCUT2D eigenvalue weighted by Crippen LogP contribution is -2.10. The van der Waals surface area contributed by atoms with Crippen molar-refractivity contribution in [1.82, 2.24) is 9.88 Å². The first-order valence-electron chi connectivity index (χ1n) is 3.32. The van der Waals surface area contributed by atoms with Crippen LogP contribution in [0.3, 0.4) is 0 Å². The van der Waals surface area contributed by atoms with E-state index < -0.39 is 0 Å². The monoisotopic (exact) mass is 136 g/mol. The molecule has 2 heteroatoms. The SMILES string of the molecule is CN(C)Cc1cccnc1. The maximum absolute atomic E-state index is 4.01. The zero-order valence-electron chi connectivity index (χ0n) is 6.41. The second-order valence-corrected chi connectivity index (χ2v) is 2.60. The third kappa shape index (κ3) is 2.15. The number of rotatable bonds is 2. The molecule has 0 radical (unpaired) electrons. The van der Waals surface area contributed by atoms with Gasteiger partial charge in [0.2, 0.25) is 0 Å². The molecule has 0 spiro atoms. The van der Waals surface area contributed by atoms with Crippen molar-refractivity contribution in [2.75, 3.05) is 14.1 Å². The lowest BCUT2D eigenvalue weighted by atomic mass is 10.3. The summed E-state index contributed by atoms with van der Waals surface area (Å²) in [5.41, 5.74) is 1.26. The van der Waals surface area contributed by atoms with Crippen LogP contribution in [0.4, 0.5) is 0 Å². The first kappa shape index (κ1) is 7.22. The fraction of sp³-hybridized carbons (Fsp3) is 0.375. The second-order valence-electron chi connectivity index (χ2n) is 2.60. The molecule has 0 aliphatic rings. The average Bonchev–Trinajstić information content (AvgIpc) is 1.88. The first-order chi connectivity index (χ1) is 4.79. The van der Waals surface area contributed by atoms with Crippen LogP contribution in [0.5, 0.6) is 0 Å². The van der Waals surface area contributed by atoms with Gasteiger partial charge in [-0.3, -0.25) is 4.98 Å². The van der Waals surface area contributed by atoms with Crippen LogP contribution in [-0.4, -0.2) is 24.0 Å². The van der Waals surface area contributed by atoms with Gasteiger partial charge in [-0.05, 0) is 25.7 Å². The van der Waals surface area contributed by atoms with Gasteiger partial charge >= 0.3 is 0 Å². The molecule has 0 saturated carbocycles. The smallest absolute Gasteiger partial charge is 0.0312 e. The molecule has 10 heavy (non-hydrogen) atoms. The third-order valence-electron chi connectivity index (χ3n) is 1.22. The Kier molecular flexibility index (Phi) is 2.40. The van der Waals surface area contributed by atoms with Gasteiger partial charge in [-0.15, -0.1) is 0 Å². The summed E-state index contributed by atoms with van der Waals surface area (Å²) in [5, 5.41) is 0. The molecule has 0 fully saturated rings. The fourth-order valence-corrected chi connectivity index (χ4v) is 0.857. The van der Waals surface area contributed by atoms with Gasteiger partial charge in [-0.1, -0.05) is 6.07 Å². The van der Waals surface area contributed by atoms with E-state index in [2.05, 4.69) is 16.0 Å². The van der Waals surface area contributed by atoms with Crippen LogP contribution >= 0.6 is 0 Å². The zero-order valence-corrected chi connectivity index (χ0v) is 6.41. The second kappa shape index (κ2) is 3.32. The topological polar surface area (TPSA) is 16.1 Å². The van der Waals surface area contributed by atoms with E-state index in [-0.39, 0.29) is 0 Å². The Morgan fingerprint density at radius 1 is 1.50 bits per heavy atom. The molecule has 0 N–H and O–H groups in total. The Balaban J connectivity index is 2.59. The molecule has 0 bridgehead atoms. The lowest BCUT2D eigenvalue weighted by molar-refractivity contribution is 0.402. The number of hydrogen-bond acceptors (Lipinski definition) is 2. The van der Waals surface area contributed by atoms with Gasteiger partial charge in [0.15, 0.2) is 0 Å². The highest BCUT2D eigenvalue weighted by molar-refractivity contribution is 5.07. The van der Waals surface area contributed by atoms with Crippen molar-refractivity contribution in [2.45, 2.75) is 6.54 Å². The van der Waals surface area contributed by atoms with Crippen LogP contribution in [-0.2, 0) is 6.54 Å². The van der Waals surface area contributed by atoms with Crippen LogP contribution in [0.2, 0.25) is 0 Å². The van der Waals surface area contributed by atoms with Crippen LogP contribution in [0.25, 0.3) is 0 Å². The number of nitrogens with zero attached hydrogens (tertiary/aromatic N) is 2. The largest absolute Gasteiger partial charge is 0.305 e. The minimum absolute atomic E-state index is 0.966. The molecule has 0 aromatic carbocycles. The molecule has 0 unspecified atom stereocenters. The van der Waals surface area contributed by atoms with Crippen molar-refractivity contribution in [2.24, 2.45) is 0 Å². The highest BCUT2D eigenvalue weighted by Crippen LogP contribution is 1.97. The molecule has 1 rings (SSSR count). The number of pyridine rings is 1.